The van der Waals surface area contributed by atoms with Crippen LogP contribution >= 0.6 is 11.6 Å². The van der Waals surface area contributed by atoms with Crippen molar-refractivity contribution in [3.63, 3.8) is 0 Å². The number of benzene rings is 2. The number of carbonyl (C=O) groups is 5. The summed E-state index contributed by atoms with van der Waals surface area (Å²) in [6.45, 7) is 17.7. The van der Waals surface area contributed by atoms with Crippen molar-refractivity contribution in [1.82, 2.24) is 30.0 Å². The molecule has 0 spiro atoms. The highest BCUT2D eigenvalue weighted by Crippen LogP contribution is 2.35. The summed E-state index contributed by atoms with van der Waals surface area (Å²) in [5, 5.41) is 2.60. The van der Waals surface area contributed by atoms with Crippen LogP contribution in [0.1, 0.15) is 65.8 Å². The number of piperidine rings is 2. The van der Waals surface area contributed by atoms with Crippen LogP contribution in [-0.2, 0) is 20.8 Å². The molecular weight excluding hydrogens is 779 g/mol. The molecular formula is C42H46ClFN10O5. The summed E-state index contributed by atoms with van der Waals surface area (Å²) in [5.74, 6) is -1.95. The van der Waals surface area contributed by atoms with Crippen LogP contribution < -0.4 is 20.0 Å². The molecule has 59 heavy (non-hydrogen) atoms. The lowest BCUT2D eigenvalue weighted by Gasteiger charge is -2.45. The number of hydrogen-bond acceptors (Lipinski definition) is 11. The zero-order valence-corrected chi connectivity index (χ0v) is 33.8. The van der Waals surface area contributed by atoms with Crippen LogP contribution in [-0.4, -0.2) is 131 Å². The zero-order valence-electron chi connectivity index (χ0n) is 33.1. The SMILES string of the molecule is [C-]#[N+]c1ccc(N2C[C@@H](C)N(C(=O)Cc3cnc(N4CCC(CN5CCN(c6cc7c(cc6F)C(=O)N(C6CCC(=O)NC6=O)C7=O)CC5)CC4)nc3)C[C@@H]2C)cc1Cl. The van der Waals surface area contributed by atoms with Crippen molar-refractivity contribution >= 4 is 64.1 Å². The number of piperazine rings is 2. The minimum atomic E-state index is -1.10. The van der Waals surface area contributed by atoms with Gasteiger partial charge < -0.3 is 19.6 Å². The highest BCUT2D eigenvalue weighted by atomic mass is 35.5. The zero-order chi connectivity index (χ0) is 41.5. The Hall–Kier alpha value is -5.66. The van der Waals surface area contributed by atoms with Crippen LogP contribution in [0.2, 0.25) is 5.02 Å². The predicted molar refractivity (Wildman–Crippen MR) is 218 cm³/mol. The molecule has 0 radical (unpaired) electrons. The van der Waals surface area contributed by atoms with E-state index in [0.717, 1.165) is 67.8 Å². The van der Waals surface area contributed by atoms with Crippen molar-refractivity contribution < 1.29 is 28.4 Å². The number of aromatic nitrogens is 2. The van der Waals surface area contributed by atoms with Gasteiger partial charge in [0.1, 0.15) is 11.9 Å². The molecule has 17 heteroatoms. The fourth-order valence-corrected chi connectivity index (χ4v) is 9.27. The highest BCUT2D eigenvalue weighted by Gasteiger charge is 2.45. The van der Waals surface area contributed by atoms with Gasteiger partial charge in [-0.2, -0.15) is 0 Å². The molecule has 5 amide bonds. The van der Waals surface area contributed by atoms with Crippen molar-refractivity contribution in [3.05, 3.63) is 81.7 Å². The second-order valence-electron chi connectivity index (χ2n) is 16.2. The Morgan fingerprint density at radius 3 is 2.25 bits per heavy atom. The minimum absolute atomic E-state index is 0.0147. The molecule has 3 atom stereocenters. The Morgan fingerprint density at radius 1 is 0.898 bits per heavy atom. The maximum Gasteiger partial charge on any atom is 0.262 e. The van der Waals surface area contributed by atoms with Gasteiger partial charge in [-0.05, 0) is 68.9 Å². The summed E-state index contributed by atoms with van der Waals surface area (Å²) in [7, 11) is 0. The van der Waals surface area contributed by atoms with Gasteiger partial charge in [-0.3, -0.25) is 39.1 Å². The third-order valence-electron chi connectivity index (χ3n) is 12.4. The van der Waals surface area contributed by atoms with Gasteiger partial charge in [0.15, 0.2) is 0 Å². The average molecular weight is 825 g/mol. The molecule has 2 aromatic carbocycles. The molecule has 8 rings (SSSR count). The van der Waals surface area contributed by atoms with E-state index in [9.17, 15) is 24.0 Å². The number of nitrogens with one attached hydrogen (secondary N) is 1. The van der Waals surface area contributed by atoms with Crippen LogP contribution in [0.5, 0.6) is 0 Å². The molecule has 0 aliphatic carbocycles. The molecule has 1 N–H and O–H groups in total. The van der Waals surface area contributed by atoms with Crippen LogP contribution in [0.4, 0.5) is 27.4 Å². The Kier molecular flexibility index (Phi) is 11.2. The van der Waals surface area contributed by atoms with Gasteiger partial charge in [-0.1, -0.05) is 17.7 Å². The predicted octanol–water partition coefficient (Wildman–Crippen LogP) is 3.93. The summed E-state index contributed by atoms with van der Waals surface area (Å²) < 4.78 is 15.4. The average Bonchev–Trinajstić information content (AvgIpc) is 3.46. The maximum absolute atomic E-state index is 15.4. The fourth-order valence-electron chi connectivity index (χ4n) is 9.05. The molecule has 3 aromatic rings. The van der Waals surface area contributed by atoms with Crippen LogP contribution in [0.25, 0.3) is 4.85 Å². The van der Waals surface area contributed by atoms with Crippen molar-refractivity contribution in [2.75, 3.05) is 73.6 Å². The van der Waals surface area contributed by atoms with E-state index >= 15 is 4.39 Å². The van der Waals surface area contributed by atoms with E-state index in [1.54, 1.807) is 18.5 Å². The number of hydrogen-bond donors (Lipinski definition) is 1. The van der Waals surface area contributed by atoms with Crippen molar-refractivity contribution in [2.45, 2.75) is 64.1 Å². The molecule has 4 fully saturated rings. The molecule has 0 bridgehead atoms. The number of amides is 5. The summed E-state index contributed by atoms with van der Waals surface area (Å²) in [6, 6.07) is 6.94. The lowest BCUT2D eigenvalue weighted by Crippen LogP contribution is -2.58. The van der Waals surface area contributed by atoms with Crippen LogP contribution in [0.15, 0.2) is 42.7 Å². The van der Waals surface area contributed by atoms with Gasteiger partial charge >= 0.3 is 0 Å². The van der Waals surface area contributed by atoms with E-state index < -0.39 is 35.5 Å². The first-order valence-electron chi connectivity index (χ1n) is 20.2. The molecule has 15 nitrogen and oxygen atoms in total. The lowest BCUT2D eigenvalue weighted by molar-refractivity contribution is -0.136. The molecule has 1 unspecified atom stereocenters. The Bertz CT molecular complexity index is 2220. The van der Waals surface area contributed by atoms with Crippen LogP contribution in [0, 0.1) is 18.3 Å². The smallest absolute Gasteiger partial charge is 0.262 e. The van der Waals surface area contributed by atoms with Gasteiger partial charge in [-0.15, -0.1) is 0 Å². The standard InChI is InChI=1S/C42H46ClFN10O5/c1-25-23-53(26(2)22-52(25)29-4-5-34(45-3)32(43)17-29)38(56)16-28-20-46-42(47-21-28)51-10-8-27(9-11-51)24-49-12-14-50(15-13-49)36-19-31-30(18-33(36)44)40(58)54(41(31)59)35-6-7-37(55)48-39(35)57/h4-5,17-21,25-27,35H,6-16,22-24H2,1-2H3,(H,48,55,57)/t25-,26+,35?/m0/s1. The number of fused-ring (bicyclic) bond motifs is 1. The van der Waals surface area contributed by atoms with E-state index in [4.69, 9.17) is 18.2 Å². The largest absolute Gasteiger partial charge is 0.367 e. The lowest BCUT2D eigenvalue weighted by atomic mass is 9.96. The molecule has 6 heterocycles. The number of anilines is 3. The van der Waals surface area contributed by atoms with Gasteiger partial charge in [0, 0.05) is 101 Å². The Morgan fingerprint density at radius 2 is 1.59 bits per heavy atom. The number of halogens is 2. The molecule has 5 aliphatic rings. The van der Waals surface area contributed by atoms with E-state index in [1.807, 2.05) is 28.9 Å². The van der Waals surface area contributed by atoms with E-state index in [2.05, 4.69) is 41.8 Å². The quantitative estimate of drug-likeness (QED) is 0.261. The number of rotatable bonds is 8. The first-order valence-corrected chi connectivity index (χ1v) is 20.6. The molecule has 308 valence electrons. The molecule has 0 saturated carbocycles. The molecule has 1 aromatic heterocycles. The van der Waals surface area contributed by atoms with Gasteiger partial charge in [0.05, 0.1) is 29.8 Å². The normalized spacial score (nSPS) is 23.1. The summed E-state index contributed by atoms with van der Waals surface area (Å²) in [5.41, 5.74) is 2.39. The number of imide groups is 2. The van der Waals surface area contributed by atoms with Gasteiger partial charge in [-0.25, -0.2) is 19.2 Å². The van der Waals surface area contributed by atoms with Gasteiger partial charge in [0.25, 0.3) is 11.8 Å². The van der Waals surface area contributed by atoms with Crippen LogP contribution in [0.3, 0.4) is 0 Å². The Balaban J connectivity index is 0.788. The van der Waals surface area contributed by atoms with Crippen molar-refractivity contribution in [1.29, 1.82) is 0 Å². The van der Waals surface area contributed by atoms with E-state index in [1.165, 1.54) is 6.07 Å². The highest BCUT2D eigenvalue weighted by molar-refractivity contribution is 6.33. The third kappa shape index (κ3) is 8.05. The van der Waals surface area contributed by atoms with E-state index in [0.29, 0.717) is 48.8 Å². The third-order valence-corrected chi connectivity index (χ3v) is 12.7. The topological polar surface area (TPSA) is 147 Å². The van der Waals surface area contributed by atoms with Crippen molar-refractivity contribution in [2.24, 2.45) is 5.92 Å². The summed E-state index contributed by atoms with van der Waals surface area (Å²) in [4.78, 5) is 88.1. The second kappa shape index (κ2) is 16.5. The summed E-state index contributed by atoms with van der Waals surface area (Å²) in [6.07, 6.45) is 5.73. The van der Waals surface area contributed by atoms with Crippen molar-refractivity contribution in [3.8, 4) is 0 Å². The molecule has 4 saturated heterocycles. The minimum Gasteiger partial charge on any atom is -0.367 e. The maximum atomic E-state index is 15.4. The number of carbonyl (C=O) groups excluding carboxylic acids is 5. The molecule has 5 aliphatic heterocycles. The first-order chi connectivity index (χ1) is 28.4. The van der Waals surface area contributed by atoms with Gasteiger partial charge in [0.2, 0.25) is 29.4 Å². The fraction of sp³-hybridized carbons (Fsp3) is 0.476. The van der Waals surface area contributed by atoms with E-state index in [-0.39, 0.29) is 54.1 Å². The Labute approximate surface area is 346 Å². The number of nitrogens with zero attached hydrogens (tertiary/aromatic N) is 9. The first kappa shape index (κ1) is 40.1. The monoisotopic (exact) mass is 824 g/mol. The summed E-state index contributed by atoms with van der Waals surface area (Å²) >= 11 is 6.31. The second-order valence-corrected chi connectivity index (χ2v) is 16.6.